The molecule has 158 valence electrons. The molecule has 2 unspecified atom stereocenters. The molecule has 8 nitrogen and oxygen atoms in total. The van der Waals surface area contributed by atoms with E-state index in [1.807, 2.05) is 30.3 Å². The Morgan fingerprint density at radius 3 is 2.31 bits per heavy atom. The summed E-state index contributed by atoms with van der Waals surface area (Å²) in [4.78, 5) is 23.3. The summed E-state index contributed by atoms with van der Waals surface area (Å²) in [5.41, 5.74) is 7.42. The third-order valence-electron chi connectivity index (χ3n) is 4.61. The maximum absolute atomic E-state index is 12.4. The van der Waals surface area contributed by atoms with Gasteiger partial charge in [0.25, 0.3) is 5.69 Å². The van der Waals surface area contributed by atoms with Crippen LogP contribution in [0.5, 0.6) is 11.5 Å². The number of amides is 1. The number of methoxy groups -OCH3 is 2. The molecular weight excluding hydrogens is 398 g/mol. The SMILES string of the molecule is COc1cc(CCNC(=O)C(C)C(N)c2ccccc2)c([N+](=O)[O-])cc1OC.Cl. The van der Waals surface area contributed by atoms with Crippen LogP contribution in [0.1, 0.15) is 24.1 Å². The zero-order chi connectivity index (χ0) is 20.7. The number of hydrogen-bond donors (Lipinski definition) is 2. The lowest BCUT2D eigenvalue weighted by Gasteiger charge is -2.20. The Morgan fingerprint density at radius 2 is 1.76 bits per heavy atom. The largest absolute Gasteiger partial charge is 0.493 e. The molecular formula is C20H26ClN3O5. The molecule has 0 saturated heterocycles. The predicted octanol–water partition coefficient (Wildman–Crippen LogP) is 3.03. The molecule has 0 bridgehead atoms. The van der Waals surface area contributed by atoms with Gasteiger partial charge < -0.3 is 20.5 Å². The van der Waals surface area contributed by atoms with E-state index in [2.05, 4.69) is 5.32 Å². The Hall–Kier alpha value is -2.84. The first kappa shape index (κ1) is 24.2. The van der Waals surface area contributed by atoms with E-state index in [1.165, 1.54) is 20.3 Å². The van der Waals surface area contributed by atoms with E-state index >= 15 is 0 Å². The predicted molar refractivity (Wildman–Crippen MR) is 113 cm³/mol. The highest BCUT2D eigenvalue weighted by molar-refractivity contribution is 5.85. The third kappa shape index (κ3) is 6.07. The van der Waals surface area contributed by atoms with Crippen LogP contribution in [-0.4, -0.2) is 31.6 Å². The van der Waals surface area contributed by atoms with Crippen LogP contribution in [0, 0.1) is 16.0 Å². The minimum absolute atomic E-state index is 0. The summed E-state index contributed by atoms with van der Waals surface area (Å²) in [6.45, 7) is 1.99. The molecule has 0 radical (unpaired) electrons. The summed E-state index contributed by atoms with van der Waals surface area (Å²) < 4.78 is 10.3. The van der Waals surface area contributed by atoms with Crippen LogP contribution in [0.3, 0.4) is 0 Å². The van der Waals surface area contributed by atoms with Crippen molar-refractivity contribution in [3.05, 3.63) is 63.7 Å². The molecule has 0 spiro atoms. The van der Waals surface area contributed by atoms with Crippen molar-refractivity contribution in [2.24, 2.45) is 11.7 Å². The van der Waals surface area contributed by atoms with Crippen LogP contribution in [0.25, 0.3) is 0 Å². The highest BCUT2D eigenvalue weighted by atomic mass is 35.5. The molecule has 0 heterocycles. The van der Waals surface area contributed by atoms with E-state index in [1.54, 1.807) is 13.0 Å². The number of rotatable bonds is 9. The first-order valence-electron chi connectivity index (χ1n) is 8.86. The number of nitro groups is 1. The number of carbonyl (C=O) groups excluding carboxylic acids is 1. The summed E-state index contributed by atoms with van der Waals surface area (Å²) in [6, 6.07) is 11.8. The first-order chi connectivity index (χ1) is 13.4. The second-order valence-corrected chi connectivity index (χ2v) is 6.36. The van der Waals surface area contributed by atoms with E-state index in [4.69, 9.17) is 15.2 Å². The van der Waals surface area contributed by atoms with Gasteiger partial charge in [-0.05, 0) is 18.1 Å². The van der Waals surface area contributed by atoms with Crippen molar-refractivity contribution < 1.29 is 19.2 Å². The van der Waals surface area contributed by atoms with Gasteiger partial charge in [-0.3, -0.25) is 14.9 Å². The van der Waals surface area contributed by atoms with Crippen molar-refractivity contribution in [1.82, 2.24) is 5.32 Å². The number of hydrogen-bond acceptors (Lipinski definition) is 6. The van der Waals surface area contributed by atoms with Gasteiger partial charge in [0.15, 0.2) is 11.5 Å². The van der Waals surface area contributed by atoms with Crippen molar-refractivity contribution in [2.45, 2.75) is 19.4 Å². The molecule has 3 N–H and O–H groups in total. The maximum Gasteiger partial charge on any atom is 0.276 e. The molecule has 0 aliphatic heterocycles. The molecule has 0 aliphatic rings. The highest BCUT2D eigenvalue weighted by Gasteiger charge is 2.23. The van der Waals surface area contributed by atoms with Crippen LogP contribution in [0.15, 0.2) is 42.5 Å². The van der Waals surface area contributed by atoms with Crippen LogP contribution in [0.2, 0.25) is 0 Å². The van der Waals surface area contributed by atoms with Crippen molar-refractivity contribution in [1.29, 1.82) is 0 Å². The number of benzene rings is 2. The van der Waals surface area contributed by atoms with Gasteiger partial charge in [-0.1, -0.05) is 37.3 Å². The first-order valence-corrected chi connectivity index (χ1v) is 8.86. The molecule has 0 aromatic heterocycles. The van der Waals surface area contributed by atoms with E-state index in [0.717, 1.165) is 5.56 Å². The van der Waals surface area contributed by atoms with Gasteiger partial charge in [0, 0.05) is 18.2 Å². The minimum Gasteiger partial charge on any atom is -0.493 e. The Bertz CT molecular complexity index is 832. The van der Waals surface area contributed by atoms with Crippen molar-refractivity contribution in [2.75, 3.05) is 20.8 Å². The molecule has 0 fully saturated rings. The highest BCUT2D eigenvalue weighted by Crippen LogP contribution is 2.34. The summed E-state index contributed by atoms with van der Waals surface area (Å²) in [5.74, 6) is 0.0283. The molecule has 2 rings (SSSR count). The van der Waals surface area contributed by atoms with Gasteiger partial charge in [-0.25, -0.2) is 0 Å². The standard InChI is InChI=1S/C20H25N3O5.ClH/c1-13(19(21)14-7-5-4-6-8-14)20(24)22-10-9-15-11-17(27-2)18(28-3)12-16(15)23(25)26;/h4-8,11-13,19H,9-10,21H2,1-3H3,(H,22,24);1H. The van der Waals surface area contributed by atoms with E-state index in [0.29, 0.717) is 11.3 Å². The molecule has 2 aromatic carbocycles. The number of carbonyl (C=O) groups is 1. The minimum atomic E-state index is -0.479. The quantitative estimate of drug-likeness (QED) is 0.473. The number of nitrogens with zero attached hydrogens (tertiary/aromatic N) is 1. The Morgan fingerprint density at radius 1 is 1.17 bits per heavy atom. The average molecular weight is 424 g/mol. The average Bonchev–Trinajstić information content (AvgIpc) is 2.72. The summed E-state index contributed by atoms with van der Waals surface area (Å²) >= 11 is 0. The molecule has 2 aromatic rings. The molecule has 9 heteroatoms. The van der Waals surface area contributed by atoms with Gasteiger partial charge in [-0.2, -0.15) is 0 Å². The van der Waals surface area contributed by atoms with Gasteiger partial charge in [0.05, 0.1) is 31.1 Å². The number of nitrogens with two attached hydrogens (primary N) is 1. The normalized spacial score (nSPS) is 12.3. The van der Waals surface area contributed by atoms with Gasteiger partial charge in [0.2, 0.25) is 5.91 Å². The summed E-state index contributed by atoms with van der Waals surface area (Å²) in [6.07, 6.45) is 0.274. The molecule has 2 atom stereocenters. The Labute approximate surface area is 175 Å². The van der Waals surface area contributed by atoms with Crippen LogP contribution >= 0.6 is 12.4 Å². The topological polar surface area (TPSA) is 117 Å². The fourth-order valence-corrected chi connectivity index (χ4v) is 2.89. The van der Waals surface area contributed by atoms with Crippen LogP contribution < -0.4 is 20.5 Å². The maximum atomic E-state index is 12.4. The lowest BCUT2D eigenvalue weighted by molar-refractivity contribution is -0.385. The number of ether oxygens (including phenoxy) is 2. The number of nitro benzene ring substituents is 1. The lowest BCUT2D eigenvalue weighted by Crippen LogP contribution is -2.36. The fourth-order valence-electron chi connectivity index (χ4n) is 2.89. The second-order valence-electron chi connectivity index (χ2n) is 6.36. The Kier molecular flexibility index (Phi) is 9.37. The van der Waals surface area contributed by atoms with Crippen molar-refractivity contribution >= 4 is 24.0 Å². The fraction of sp³-hybridized carbons (Fsp3) is 0.350. The van der Waals surface area contributed by atoms with E-state index in [-0.39, 0.29) is 42.7 Å². The lowest BCUT2D eigenvalue weighted by atomic mass is 9.94. The van der Waals surface area contributed by atoms with Gasteiger partial charge in [-0.15, -0.1) is 12.4 Å². The monoisotopic (exact) mass is 423 g/mol. The summed E-state index contributed by atoms with van der Waals surface area (Å²) in [5, 5.41) is 14.1. The van der Waals surface area contributed by atoms with Crippen LogP contribution in [-0.2, 0) is 11.2 Å². The molecule has 0 aliphatic carbocycles. The molecule has 0 saturated carbocycles. The number of nitrogens with one attached hydrogen (secondary N) is 1. The third-order valence-corrected chi connectivity index (χ3v) is 4.61. The van der Waals surface area contributed by atoms with E-state index < -0.39 is 16.9 Å². The van der Waals surface area contributed by atoms with Gasteiger partial charge >= 0.3 is 0 Å². The smallest absolute Gasteiger partial charge is 0.276 e. The van der Waals surface area contributed by atoms with Gasteiger partial charge in [0.1, 0.15) is 0 Å². The van der Waals surface area contributed by atoms with Crippen molar-refractivity contribution in [3.63, 3.8) is 0 Å². The van der Waals surface area contributed by atoms with E-state index in [9.17, 15) is 14.9 Å². The van der Waals surface area contributed by atoms with Crippen LogP contribution in [0.4, 0.5) is 5.69 Å². The summed E-state index contributed by atoms with van der Waals surface area (Å²) in [7, 11) is 2.88. The van der Waals surface area contributed by atoms with Crippen molar-refractivity contribution in [3.8, 4) is 11.5 Å². The molecule has 1 amide bonds. The zero-order valence-corrected chi connectivity index (χ0v) is 17.4. The zero-order valence-electron chi connectivity index (χ0n) is 16.6. The second kappa shape index (κ2) is 11.2. The molecule has 29 heavy (non-hydrogen) atoms. The number of halogens is 1. The Balaban J connectivity index is 0.00000420.